The van der Waals surface area contributed by atoms with Crippen molar-refractivity contribution < 1.29 is 0 Å². The molecule has 4 heteroatoms. The number of nitrogens with zero attached hydrogens (tertiary/aromatic N) is 2. The molecule has 2 rings (SSSR count). The molecule has 1 aromatic heterocycles. The molecule has 1 N–H and O–H groups in total. The van der Waals surface area contributed by atoms with Crippen LogP contribution in [0.3, 0.4) is 0 Å². The molecular formula is C10H18ClN3. The Balaban J connectivity index is 0.000000980. The van der Waals surface area contributed by atoms with E-state index in [9.17, 15) is 0 Å². The Morgan fingerprint density at radius 1 is 1.43 bits per heavy atom. The maximum atomic E-state index is 4.50. The molecule has 0 atom stereocenters. The lowest BCUT2D eigenvalue weighted by Crippen LogP contribution is -2.38. The Morgan fingerprint density at radius 3 is 2.57 bits per heavy atom. The summed E-state index contributed by atoms with van der Waals surface area (Å²) in [5.74, 6) is 0. The van der Waals surface area contributed by atoms with E-state index in [-0.39, 0.29) is 12.4 Å². The van der Waals surface area contributed by atoms with E-state index in [2.05, 4.69) is 23.4 Å². The van der Waals surface area contributed by atoms with Gasteiger partial charge in [0.1, 0.15) is 0 Å². The van der Waals surface area contributed by atoms with E-state index in [1.807, 2.05) is 17.9 Å². The summed E-state index contributed by atoms with van der Waals surface area (Å²) in [6.45, 7) is 4.55. The first-order valence-corrected chi connectivity index (χ1v) is 4.92. The molecule has 0 bridgehead atoms. The molecule has 1 saturated heterocycles. The second-order valence-electron chi connectivity index (χ2n) is 4.19. The Hall–Kier alpha value is -0.540. The third kappa shape index (κ3) is 2.10. The van der Waals surface area contributed by atoms with Crippen LogP contribution < -0.4 is 5.32 Å². The molecule has 0 radical (unpaired) electrons. The fourth-order valence-electron chi connectivity index (χ4n) is 1.97. The van der Waals surface area contributed by atoms with E-state index < -0.39 is 0 Å². The van der Waals surface area contributed by atoms with E-state index in [0.29, 0.717) is 5.41 Å². The average Bonchev–Trinajstić information content (AvgIpc) is 2.54. The number of piperidine rings is 1. The zero-order valence-corrected chi connectivity index (χ0v) is 9.60. The van der Waals surface area contributed by atoms with E-state index in [4.69, 9.17) is 0 Å². The van der Waals surface area contributed by atoms with Crippen molar-refractivity contribution in [2.45, 2.75) is 25.2 Å². The highest BCUT2D eigenvalue weighted by atomic mass is 35.5. The van der Waals surface area contributed by atoms with Crippen LogP contribution in [-0.2, 0) is 12.5 Å². The second-order valence-corrected chi connectivity index (χ2v) is 4.19. The van der Waals surface area contributed by atoms with E-state index in [1.165, 1.54) is 18.5 Å². The predicted molar refractivity (Wildman–Crippen MR) is 59.9 cm³/mol. The third-order valence-corrected chi connectivity index (χ3v) is 3.04. The third-order valence-electron chi connectivity index (χ3n) is 3.04. The number of nitrogens with one attached hydrogen (secondary N) is 1. The largest absolute Gasteiger partial charge is 0.317 e. The van der Waals surface area contributed by atoms with Gasteiger partial charge in [0, 0.05) is 18.7 Å². The first-order chi connectivity index (χ1) is 6.21. The summed E-state index contributed by atoms with van der Waals surface area (Å²) in [7, 11) is 1.98. The molecule has 1 aliphatic rings. The normalized spacial score (nSPS) is 20.1. The Bertz CT molecular complexity index is 289. The van der Waals surface area contributed by atoms with E-state index in [0.717, 1.165) is 13.1 Å². The molecule has 0 saturated carbocycles. The molecule has 14 heavy (non-hydrogen) atoms. The van der Waals surface area contributed by atoms with Crippen LogP contribution in [-0.4, -0.2) is 22.9 Å². The van der Waals surface area contributed by atoms with Crippen LogP contribution in [0.15, 0.2) is 12.3 Å². The topological polar surface area (TPSA) is 29.9 Å². The fraction of sp³-hybridized carbons (Fsp3) is 0.700. The van der Waals surface area contributed by atoms with Gasteiger partial charge in [0.05, 0.1) is 5.69 Å². The Morgan fingerprint density at radius 2 is 2.07 bits per heavy atom. The number of halogens is 1. The first kappa shape index (κ1) is 11.5. The van der Waals surface area contributed by atoms with Gasteiger partial charge in [0.15, 0.2) is 0 Å². The molecule has 0 spiro atoms. The number of rotatable bonds is 1. The lowest BCUT2D eigenvalue weighted by atomic mass is 9.78. The van der Waals surface area contributed by atoms with Crippen molar-refractivity contribution in [1.82, 2.24) is 15.1 Å². The minimum absolute atomic E-state index is 0. The van der Waals surface area contributed by atoms with Gasteiger partial charge in [-0.05, 0) is 32.0 Å². The summed E-state index contributed by atoms with van der Waals surface area (Å²) in [5.41, 5.74) is 1.54. The smallest absolute Gasteiger partial charge is 0.0684 e. The zero-order chi connectivity index (χ0) is 9.31. The summed E-state index contributed by atoms with van der Waals surface area (Å²) < 4.78 is 1.89. The number of aryl methyl sites for hydroxylation is 1. The summed E-state index contributed by atoms with van der Waals surface area (Å²) >= 11 is 0. The van der Waals surface area contributed by atoms with Gasteiger partial charge < -0.3 is 5.32 Å². The Kier molecular flexibility index (Phi) is 3.56. The zero-order valence-electron chi connectivity index (χ0n) is 8.79. The lowest BCUT2D eigenvalue weighted by molar-refractivity contribution is 0.325. The van der Waals surface area contributed by atoms with Gasteiger partial charge in [-0.15, -0.1) is 12.4 Å². The van der Waals surface area contributed by atoms with Crippen molar-refractivity contribution in [3.63, 3.8) is 0 Å². The fourth-order valence-corrected chi connectivity index (χ4v) is 1.97. The van der Waals surface area contributed by atoms with Gasteiger partial charge in [0.25, 0.3) is 0 Å². The predicted octanol–water partition coefficient (Wildman–Crippen LogP) is 1.48. The lowest BCUT2D eigenvalue weighted by Gasteiger charge is -2.32. The van der Waals surface area contributed by atoms with Crippen LogP contribution in [0.5, 0.6) is 0 Å². The van der Waals surface area contributed by atoms with Crippen molar-refractivity contribution in [2.24, 2.45) is 7.05 Å². The van der Waals surface area contributed by atoms with Crippen molar-refractivity contribution in [3.8, 4) is 0 Å². The van der Waals surface area contributed by atoms with Crippen molar-refractivity contribution >= 4 is 12.4 Å². The van der Waals surface area contributed by atoms with Gasteiger partial charge in [-0.1, -0.05) is 6.92 Å². The maximum absolute atomic E-state index is 4.50. The van der Waals surface area contributed by atoms with E-state index in [1.54, 1.807) is 0 Å². The molecule has 0 aromatic carbocycles. The second kappa shape index (κ2) is 4.32. The van der Waals surface area contributed by atoms with Crippen molar-refractivity contribution in [1.29, 1.82) is 0 Å². The SMILES string of the molecule is Cl.Cn1ccc(C2(C)CCNCC2)n1. The van der Waals surface area contributed by atoms with Crippen LogP contribution in [0.25, 0.3) is 0 Å². The Labute approximate surface area is 91.3 Å². The monoisotopic (exact) mass is 215 g/mol. The molecule has 1 fully saturated rings. The summed E-state index contributed by atoms with van der Waals surface area (Å²) in [5, 5.41) is 7.88. The molecule has 0 amide bonds. The average molecular weight is 216 g/mol. The van der Waals surface area contributed by atoms with Crippen LogP contribution in [0.1, 0.15) is 25.5 Å². The maximum Gasteiger partial charge on any atom is 0.0684 e. The van der Waals surface area contributed by atoms with Gasteiger partial charge in [0.2, 0.25) is 0 Å². The number of hydrogen-bond donors (Lipinski definition) is 1. The summed E-state index contributed by atoms with van der Waals surface area (Å²) in [6, 6.07) is 2.14. The molecule has 1 aliphatic heterocycles. The quantitative estimate of drug-likeness (QED) is 0.769. The van der Waals surface area contributed by atoms with Crippen LogP contribution in [0, 0.1) is 0 Å². The molecule has 80 valence electrons. The van der Waals surface area contributed by atoms with Gasteiger partial charge in [-0.2, -0.15) is 5.10 Å². The van der Waals surface area contributed by atoms with Gasteiger partial charge in [-0.25, -0.2) is 0 Å². The van der Waals surface area contributed by atoms with Crippen LogP contribution in [0.4, 0.5) is 0 Å². The molecule has 0 unspecified atom stereocenters. The highest BCUT2D eigenvalue weighted by molar-refractivity contribution is 5.85. The molecule has 0 aliphatic carbocycles. The summed E-state index contributed by atoms with van der Waals surface area (Å²) in [6.07, 6.45) is 4.43. The highest BCUT2D eigenvalue weighted by Crippen LogP contribution is 2.31. The standard InChI is InChI=1S/C10H17N3.ClH/c1-10(4-6-11-7-5-10)9-3-8-13(2)12-9;/h3,8,11H,4-7H2,1-2H3;1H. The number of hydrogen-bond acceptors (Lipinski definition) is 2. The minimum atomic E-state index is 0. The molecule has 3 nitrogen and oxygen atoms in total. The highest BCUT2D eigenvalue weighted by Gasteiger charge is 2.30. The number of aromatic nitrogens is 2. The van der Waals surface area contributed by atoms with E-state index >= 15 is 0 Å². The molecule has 1 aromatic rings. The minimum Gasteiger partial charge on any atom is -0.317 e. The van der Waals surface area contributed by atoms with Gasteiger partial charge in [-0.3, -0.25) is 4.68 Å². The van der Waals surface area contributed by atoms with Crippen LogP contribution >= 0.6 is 12.4 Å². The molecular weight excluding hydrogens is 198 g/mol. The first-order valence-electron chi connectivity index (χ1n) is 4.92. The van der Waals surface area contributed by atoms with Crippen molar-refractivity contribution in [2.75, 3.05) is 13.1 Å². The van der Waals surface area contributed by atoms with Gasteiger partial charge >= 0.3 is 0 Å². The van der Waals surface area contributed by atoms with Crippen LogP contribution in [0.2, 0.25) is 0 Å². The summed E-state index contributed by atoms with van der Waals surface area (Å²) in [4.78, 5) is 0. The van der Waals surface area contributed by atoms with Crippen molar-refractivity contribution in [3.05, 3.63) is 18.0 Å². The molecule has 2 heterocycles.